The number of aromatic nitrogens is 1. The number of pyridine rings is 1. The van der Waals surface area contributed by atoms with Crippen molar-refractivity contribution in [3.05, 3.63) is 18.3 Å². The van der Waals surface area contributed by atoms with Crippen LogP contribution in [0.1, 0.15) is 33.1 Å². The van der Waals surface area contributed by atoms with Crippen LogP contribution in [0.3, 0.4) is 0 Å². The summed E-state index contributed by atoms with van der Waals surface area (Å²) in [7, 11) is -3.46. The molecule has 0 amide bonds. The van der Waals surface area contributed by atoms with E-state index in [9.17, 15) is 8.42 Å². The van der Waals surface area contributed by atoms with Crippen LogP contribution in [-0.2, 0) is 14.8 Å². The summed E-state index contributed by atoms with van der Waals surface area (Å²) in [5.74, 6) is 0.869. The zero-order valence-corrected chi connectivity index (χ0v) is 15.4. The Bertz CT molecular complexity index is 652. The molecule has 2 fully saturated rings. The lowest BCUT2D eigenvalue weighted by atomic mass is 9.85. The van der Waals surface area contributed by atoms with Crippen LogP contribution < -0.4 is 4.90 Å². The number of anilines is 1. The van der Waals surface area contributed by atoms with E-state index in [-0.39, 0.29) is 4.90 Å². The van der Waals surface area contributed by atoms with Crippen LogP contribution in [0, 0.1) is 5.41 Å². The summed E-state index contributed by atoms with van der Waals surface area (Å²) >= 11 is 0. The van der Waals surface area contributed by atoms with Gasteiger partial charge in [-0.2, -0.15) is 4.31 Å². The van der Waals surface area contributed by atoms with Crippen LogP contribution in [0.15, 0.2) is 23.2 Å². The number of hydrogen-bond acceptors (Lipinski definition) is 5. The van der Waals surface area contributed by atoms with Gasteiger partial charge >= 0.3 is 0 Å². The highest BCUT2D eigenvalue weighted by molar-refractivity contribution is 7.89. The molecule has 7 heteroatoms. The zero-order chi connectivity index (χ0) is 17.2. The predicted molar refractivity (Wildman–Crippen MR) is 93.7 cm³/mol. The number of ether oxygens (including phenoxy) is 1. The smallest absolute Gasteiger partial charge is 0.244 e. The Labute approximate surface area is 144 Å². The molecule has 2 aliphatic rings. The van der Waals surface area contributed by atoms with E-state index in [2.05, 4.69) is 23.7 Å². The van der Waals surface area contributed by atoms with E-state index >= 15 is 0 Å². The number of hydrogen-bond donors (Lipinski definition) is 0. The second-order valence-corrected chi connectivity index (χ2v) is 9.31. The maximum atomic E-state index is 12.6. The molecule has 0 aliphatic carbocycles. The first-order valence-electron chi connectivity index (χ1n) is 8.67. The van der Waals surface area contributed by atoms with E-state index < -0.39 is 10.0 Å². The Morgan fingerprint density at radius 3 is 2.50 bits per heavy atom. The molecule has 134 valence electrons. The highest BCUT2D eigenvalue weighted by Crippen LogP contribution is 2.31. The topological polar surface area (TPSA) is 62.7 Å². The average Bonchev–Trinajstić information content (AvgIpc) is 2.76. The van der Waals surface area contributed by atoms with Gasteiger partial charge in [-0.05, 0) is 36.8 Å². The summed E-state index contributed by atoms with van der Waals surface area (Å²) in [6.07, 6.45) is 4.98. The van der Waals surface area contributed by atoms with Gasteiger partial charge in [0.2, 0.25) is 10.0 Å². The van der Waals surface area contributed by atoms with E-state index in [0.717, 1.165) is 31.7 Å². The van der Waals surface area contributed by atoms with Gasteiger partial charge in [-0.15, -0.1) is 0 Å². The van der Waals surface area contributed by atoms with Crippen LogP contribution in [0.4, 0.5) is 5.82 Å². The van der Waals surface area contributed by atoms with Gasteiger partial charge < -0.3 is 9.64 Å². The number of nitrogens with zero attached hydrogens (tertiary/aromatic N) is 3. The van der Waals surface area contributed by atoms with Gasteiger partial charge in [0.05, 0.1) is 13.2 Å². The van der Waals surface area contributed by atoms with Gasteiger partial charge in [0, 0.05) is 32.4 Å². The Kier molecular flexibility index (Phi) is 5.13. The molecule has 0 atom stereocenters. The fourth-order valence-corrected chi connectivity index (χ4v) is 4.65. The summed E-state index contributed by atoms with van der Waals surface area (Å²) in [6, 6.07) is 3.52. The Morgan fingerprint density at radius 2 is 1.83 bits per heavy atom. The molecule has 0 radical (unpaired) electrons. The lowest BCUT2D eigenvalue weighted by Gasteiger charge is -2.26. The minimum Gasteiger partial charge on any atom is -0.379 e. The molecule has 2 aliphatic heterocycles. The van der Waals surface area contributed by atoms with Crippen molar-refractivity contribution in [2.24, 2.45) is 5.41 Å². The van der Waals surface area contributed by atoms with Crippen LogP contribution >= 0.6 is 0 Å². The largest absolute Gasteiger partial charge is 0.379 e. The predicted octanol–water partition coefficient (Wildman–Crippen LogP) is 2.12. The third-order valence-corrected chi connectivity index (χ3v) is 6.87. The minimum atomic E-state index is -3.46. The third-order valence-electron chi connectivity index (χ3n) is 4.99. The van der Waals surface area contributed by atoms with Crippen LogP contribution in [0.25, 0.3) is 0 Å². The normalized spacial score (nSPS) is 23.0. The molecule has 0 bridgehead atoms. The van der Waals surface area contributed by atoms with Crippen molar-refractivity contribution in [3.8, 4) is 0 Å². The van der Waals surface area contributed by atoms with Gasteiger partial charge in [0.15, 0.2) is 0 Å². The molecule has 3 heterocycles. The SMILES string of the molecule is CC1(C)CCCN(c2ccc(S(=O)(=O)N3CCOCC3)cn2)CC1. The number of morpholine rings is 1. The van der Waals surface area contributed by atoms with E-state index in [0.29, 0.717) is 31.7 Å². The first-order valence-corrected chi connectivity index (χ1v) is 10.1. The standard InChI is InChI=1S/C17H27N3O3S/c1-17(2)6-3-8-19(9-7-17)16-5-4-15(14-18-16)24(21,22)20-10-12-23-13-11-20/h4-5,14H,3,6-13H2,1-2H3. The maximum Gasteiger partial charge on any atom is 0.244 e. The van der Waals surface area contributed by atoms with Gasteiger partial charge in [0.25, 0.3) is 0 Å². The van der Waals surface area contributed by atoms with Gasteiger partial charge in [0.1, 0.15) is 10.7 Å². The fraction of sp³-hybridized carbons (Fsp3) is 0.706. The first-order chi connectivity index (χ1) is 11.4. The van der Waals surface area contributed by atoms with E-state index in [1.54, 1.807) is 6.07 Å². The highest BCUT2D eigenvalue weighted by Gasteiger charge is 2.27. The molecule has 3 rings (SSSR count). The molecule has 0 spiro atoms. The van der Waals surface area contributed by atoms with Gasteiger partial charge in [-0.25, -0.2) is 13.4 Å². The summed E-state index contributed by atoms with van der Waals surface area (Å²) in [4.78, 5) is 6.97. The molecule has 2 saturated heterocycles. The first kappa shape index (κ1) is 17.6. The van der Waals surface area contributed by atoms with E-state index in [1.165, 1.54) is 16.9 Å². The monoisotopic (exact) mass is 353 g/mol. The Balaban J connectivity index is 1.73. The number of rotatable bonds is 3. The highest BCUT2D eigenvalue weighted by atomic mass is 32.2. The summed E-state index contributed by atoms with van der Waals surface area (Å²) in [5, 5.41) is 0. The van der Waals surface area contributed by atoms with E-state index in [4.69, 9.17) is 4.74 Å². The molecule has 0 saturated carbocycles. The van der Waals surface area contributed by atoms with Crippen molar-refractivity contribution in [2.75, 3.05) is 44.3 Å². The Hall–Kier alpha value is -1.18. The summed E-state index contributed by atoms with van der Waals surface area (Å²) < 4.78 is 32.0. The molecular formula is C17H27N3O3S. The molecule has 0 aromatic carbocycles. The lowest BCUT2D eigenvalue weighted by molar-refractivity contribution is 0.0730. The van der Waals surface area contributed by atoms with Crippen LogP contribution in [0.5, 0.6) is 0 Å². The zero-order valence-electron chi connectivity index (χ0n) is 14.6. The molecule has 1 aromatic heterocycles. The van der Waals surface area contributed by atoms with Gasteiger partial charge in [-0.3, -0.25) is 0 Å². The molecule has 0 N–H and O–H groups in total. The van der Waals surface area contributed by atoms with Crippen molar-refractivity contribution in [2.45, 2.75) is 38.0 Å². The summed E-state index contributed by atoms with van der Waals surface area (Å²) in [5.41, 5.74) is 0.369. The maximum absolute atomic E-state index is 12.6. The average molecular weight is 353 g/mol. The fourth-order valence-electron chi connectivity index (χ4n) is 3.30. The number of sulfonamides is 1. The summed E-state index contributed by atoms with van der Waals surface area (Å²) in [6.45, 7) is 8.28. The minimum absolute atomic E-state index is 0.267. The molecule has 6 nitrogen and oxygen atoms in total. The van der Waals surface area contributed by atoms with E-state index in [1.807, 2.05) is 6.07 Å². The van der Waals surface area contributed by atoms with Crippen molar-refractivity contribution < 1.29 is 13.2 Å². The van der Waals surface area contributed by atoms with Crippen molar-refractivity contribution in [3.63, 3.8) is 0 Å². The third kappa shape index (κ3) is 3.90. The second-order valence-electron chi connectivity index (χ2n) is 7.37. The molecule has 24 heavy (non-hydrogen) atoms. The van der Waals surface area contributed by atoms with Gasteiger partial charge in [-0.1, -0.05) is 13.8 Å². The molecule has 0 unspecified atom stereocenters. The quantitative estimate of drug-likeness (QED) is 0.833. The molecular weight excluding hydrogens is 326 g/mol. The van der Waals surface area contributed by atoms with Crippen molar-refractivity contribution >= 4 is 15.8 Å². The van der Waals surface area contributed by atoms with Crippen LogP contribution in [0.2, 0.25) is 0 Å². The van der Waals surface area contributed by atoms with Crippen molar-refractivity contribution in [1.29, 1.82) is 0 Å². The second kappa shape index (κ2) is 6.98. The Morgan fingerprint density at radius 1 is 1.08 bits per heavy atom. The lowest BCUT2D eigenvalue weighted by Crippen LogP contribution is -2.40. The molecule has 1 aromatic rings. The van der Waals surface area contributed by atoms with Crippen LogP contribution in [-0.4, -0.2) is 57.1 Å². The van der Waals surface area contributed by atoms with Crippen molar-refractivity contribution in [1.82, 2.24) is 9.29 Å².